The molecular weight excluding hydrogens is 487 g/mol. The molecule has 0 saturated carbocycles. The Morgan fingerprint density at radius 2 is 1.89 bits per heavy atom. The molecule has 1 N–H and O–H groups in total. The predicted molar refractivity (Wildman–Crippen MR) is 136 cm³/mol. The third-order valence-electron chi connectivity index (χ3n) is 6.17. The van der Waals surface area contributed by atoms with Crippen LogP contribution in [0.4, 0.5) is 10.1 Å². The fourth-order valence-corrected chi connectivity index (χ4v) is 5.20. The van der Waals surface area contributed by atoms with Crippen LogP contribution in [0.15, 0.2) is 59.7 Å². The van der Waals surface area contributed by atoms with Crippen LogP contribution in [-0.2, 0) is 26.7 Å². The van der Waals surface area contributed by atoms with Crippen LogP contribution < -0.4 is 10.2 Å². The Balaban J connectivity index is 1.54. The second kappa shape index (κ2) is 9.58. The van der Waals surface area contributed by atoms with E-state index < -0.39 is 27.6 Å². The van der Waals surface area contributed by atoms with E-state index in [4.69, 9.17) is 9.47 Å². The number of aryl methyl sites for hydroxylation is 1. The van der Waals surface area contributed by atoms with Crippen molar-refractivity contribution in [1.29, 1.82) is 0 Å². The van der Waals surface area contributed by atoms with Crippen molar-refractivity contribution in [2.75, 3.05) is 38.1 Å². The average Bonchev–Trinajstić information content (AvgIpc) is 3.24. The Morgan fingerprint density at radius 3 is 2.61 bits per heavy atom. The molecule has 0 bridgehead atoms. The van der Waals surface area contributed by atoms with E-state index >= 15 is 4.39 Å². The Hall–Kier alpha value is -3.38. The topological polar surface area (TPSA) is 103 Å². The van der Waals surface area contributed by atoms with E-state index in [2.05, 4.69) is 9.82 Å². The number of ether oxygens (including phenoxy) is 2. The number of fused-ring (bicyclic) bond motifs is 2. The standard InChI is InChI=1S/C25H25FN4O5S/c1-29-13-19(12-27-29)18-6-4-16-3-5-17-7-8-22(24(26)23(17)25(31)21(16)11-18)28-36(32,33)30(2)14-20-15-34-9-10-35-20/h3-8,11-13,20,28H,9-10,14-15H2,1-2H3. The van der Waals surface area contributed by atoms with Gasteiger partial charge in [-0.2, -0.15) is 17.8 Å². The molecule has 3 aromatic carbocycles. The zero-order chi connectivity index (χ0) is 25.4. The average molecular weight is 513 g/mol. The predicted octanol–water partition coefficient (Wildman–Crippen LogP) is 2.90. The second-order valence-electron chi connectivity index (χ2n) is 8.71. The van der Waals surface area contributed by atoms with E-state index in [-0.39, 0.29) is 24.2 Å². The third-order valence-corrected chi connectivity index (χ3v) is 7.62. The molecule has 5 rings (SSSR count). The lowest BCUT2D eigenvalue weighted by atomic mass is 10.0. The lowest BCUT2D eigenvalue weighted by Gasteiger charge is -2.27. The number of nitrogens with one attached hydrogen (secondary N) is 1. The van der Waals surface area contributed by atoms with Crippen molar-refractivity contribution in [3.63, 3.8) is 0 Å². The molecule has 1 fully saturated rings. The molecule has 1 aliphatic rings. The number of benzene rings is 2. The van der Waals surface area contributed by atoms with Gasteiger partial charge in [-0.25, -0.2) is 4.39 Å². The van der Waals surface area contributed by atoms with Crippen molar-refractivity contribution in [2.24, 2.45) is 7.05 Å². The quantitative estimate of drug-likeness (QED) is 0.426. The van der Waals surface area contributed by atoms with Gasteiger partial charge in [-0.1, -0.05) is 30.3 Å². The van der Waals surface area contributed by atoms with Crippen LogP contribution in [0, 0.1) is 5.82 Å². The van der Waals surface area contributed by atoms with Gasteiger partial charge in [-0.15, -0.1) is 0 Å². The van der Waals surface area contributed by atoms with Gasteiger partial charge in [0, 0.05) is 37.8 Å². The first-order valence-electron chi connectivity index (χ1n) is 11.3. The molecule has 0 aliphatic carbocycles. The van der Waals surface area contributed by atoms with E-state index in [1.807, 2.05) is 12.3 Å². The highest BCUT2D eigenvalue weighted by atomic mass is 32.2. The molecule has 1 aliphatic heterocycles. The van der Waals surface area contributed by atoms with E-state index in [1.54, 1.807) is 42.2 Å². The number of rotatable bonds is 6. The van der Waals surface area contributed by atoms with Crippen molar-refractivity contribution in [2.45, 2.75) is 6.10 Å². The number of hydrogen-bond donors (Lipinski definition) is 1. The molecule has 1 aromatic heterocycles. The van der Waals surface area contributed by atoms with Crippen LogP contribution in [0.1, 0.15) is 0 Å². The largest absolute Gasteiger partial charge is 0.376 e. The molecule has 0 radical (unpaired) electrons. The number of halogens is 1. The zero-order valence-corrected chi connectivity index (χ0v) is 20.6. The molecule has 4 aromatic rings. The number of likely N-dealkylation sites (N-methyl/N-ethyl adjacent to an activating group) is 1. The molecule has 1 atom stereocenters. The van der Waals surface area contributed by atoms with E-state index in [0.717, 1.165) is 15.4 Å². The van der Waals surface area contributed by atoms with Gasteiger partial charge in [-0.05, 0) is 28.5 Å². The minimum absolute atomic E-state index is 0.0358. The summed E-state index contributed by atoms with van der Waals surface area (Å²) in [6.07, 6.45) is 3.08. The fourth-order valence-electron chi connectivity index (χ4n) is 4.25. The first-order chi connectivity index (χ1) is 17.2. The van der Waals surface area contributed by atoms with E-state index in [0.29, 0.717) is 29.4 Å². The summed E-state index contributed by atoms with van der Waals surface area (Å²) in [4.78, 5) is 13.5. The Bertz CT molecular complexity index is 1620. The maximum Gasteiger partial charge on any atom is 0.301 e. The molecule has 0 spiro atoms. The third kappa shape index (κ3) is 4.70. The van der Waals surface area contributed by atoms with E-state index in [9.17, 15) is 13.2 Å². The normalized spacial score (nSPS) is 16.6. The number of aromatic nitrogens is 2. The number of nitrogens with zero attached hydrogens (tertiary/aromatic N) is 3. The van der Waals surface area contributed by atoms with Crippen molar-refractivity contribution in [3.05, 3.63) is 70.9 Å². The maximum atomic E-state index is 15.7. The second-order valence-corrected chi connectivity index (χ2v) is 10.5. The maximum absolute atomic E-state index is 15.7. The molecule has 0 amide bonds. The van der Waals surface area contributed by atoms with Crippen LogP contribution in [-0.4, -0.2) is 62.0 Å². The Labute approximate surface area is 207 Å². The Morgan fingerprint density at radius 1 is 1.14 bits per heavy atom. The summed E-state index contributed by atoms with van der Waals surface area (Å²) in [5, 5.41) is 5.29. The lowest BCUT2D eigenvalue weighted by molar-refractivity contribution is -0.0908. The van der Waals surface area contributed by atoms with Crippen LogP contribution in [0.25, 0.3) is 32.7 Å². The summed E-state index contributed by atoms with van der Waals surface area (Å²) in [5.41, 5.74) is 0.740. The fraction of sp³-hybridized carbons (Fsp3) is 0.280. The van der Waals surface area contributed by atoms with Gasteiger partial charge >= 0.3 is 10.2 Å². The van der Waals surface area contributed by atoms with Crippen LogP contribution in [0.5, 0.6) is 0 Å². The Kier molecular flexibility index (Phi) is 6.47. The highest BCUT2D eigenvalue weighted by Gasteiger charge is 2.25. The van der Waals surface area contributed by atoms with Crippen LogP contribution in [0.3, 0.4) is 0 Å². The molecule has 188 valence electrons. The summed E-state index contributed by atoms with van der Waals surface area (Å²) in [6, 6.07) is 11.6. The van der Waals surface area contributed by atoms with Gasteiger partial charge in [0.25, 0.3) is 0 Å². The first kappa shape index (κ1) is 24.3. The summed E-state index contributed by atoms with van der Waals surface area (Å²) in [7, 11) is -0.959. The molecule has 1 unspecified atom stereocenters. The van der Waals surface area contributed by atoms with Crippen LogP contribution in [0.2, 0.25) is 0 Å². The van der Waals surface area contributed by atoms with E-state index in [1.165, 1.54) is 19.2 Å². The highest BCUT2D eigenvalue weighted by Crippen LogP contribution is 2.27. The minimum Gasteiger partial charge on any atom is -0.376 e. The minimum atomic E-state index is -4.12. The SMILES string of the molecule is CN(CC1COCCO1)S(=O)(=O)Nc1ccc2ccc3ccc(-c4cnn(C)c4)cc3c(=O)c2c1F. The van der Waals surface area contributed by atoms with Gasteiger partial charge in [0.05, 0.1) is 43.2 Å². The van der Waals surface area contributed by atoms with Crippen molar-refractivity contribution in [3.8, 4) is 11.1 Å². The molecule has 36 heavy (non-hydrogen) atoms. The van der Waals surface area contributed by atoms with Gasteiger partial charge in [0.2, 0.25) is 0 Å². The lowest BCUT2D eigenvalue weighted by Crippen LogP contribution is -2.42. The van der Waals surface area contributed by atoms with Crippen LogP contribution >= 0.6 is 0 Å². The van der Waals surface area contributed by atoms with Gasteiger partial charge in [-0.3, -0.25) is 14.2 Å². The number of hydrogen-bond acceptors (Lipinski definition) is 6. The summed E-state index contributed by atoms with van der Waals surface area (Å²) >= 11 is 0. The molecule has 1 saturated heterocycles. The monoisotopic (exact) mass is 512 g/mol. The zero-order valence-electron chi connectivity index (χ0n) is 19.8. The molecule has 9 nitrogen and oxygen atoms in total. The van der Waals surface area contributed by atoms with Gasteiger partial charge in [0.15, 0.2) is 11.2 Å². The summed E-state index contributed by atoms with van der Waals surface area (Å²) in [5.74, 6) is -0.934. The number of anilines is 1. The van der Waals surface area contributed by atoms with Gasteiger partial charge in [0.1, 0.15) is 0 Å². The van der Waals surface area contributed by atoms with Crippen molar-refractivity contribution < 1.29 is 22.3 Å². The summed E-state index contributed by atoms with van der Waals surface area (Å²) < 4.78 is 57.3. The summed E-state index contributed by atoms with van der Waals surface area (Å²) in [6.45, 7) is 1.15. The molecular formula is C25H25FN4O5S. The van der Waals surface area contributed by atoms with Crippen molar-refractivity contribution in [1.82, 2.24) is 14.1 Å². The van der Waals surface area contributed by atoms with Crippen molar-refractivity contribution >= 4 is 37.4 Å². The molecule has 11 heteroatoms. The van der Waals surface area contributed by atoms with Gasteiger partial charge < -0.3 is 9.47 Å². The smallest absolute Gasteiger partial charge is 0.301 e. The molecule has 2 heterocycles. The first-order valence-corrected chi connectivity index (χ1v) is 12.8. The highest BCUT2D eigenvalue weighted by molar-refractivity contribution is 7.90.